The number of carbonyl (C=O) groups is 3. The summed E-state index contributed by atoms with van der Waals surface area (Å²) >= 11 is 0. The number of aliphatic carboxylic acids is 2. The Morgan fingerprint density at radius 3 is 2.29 bits per heavy atom. The molecule has 0 aliphatic rings. The molecule has 0 aliphatic carbocycles. The SMILES string of the molecule is Cc1cc(CCCN[C@@H](CC(=O)O)C(=O)N[C@@H](Cc2ccccc2)C(=O)O)ccc1O. The zero-order valence-electron chi connectivity index (χ0n) is 17.4. The molecular weight excluding hydrogens is 400 g/mol. The Hall–Kier alpha value is -3.39. The second-order valence-corrected chi connectivity index (χ2v) is 7.42. The van der Waals surface area contributed by atoms with Crippen LogP contribution in [0.4, 0.5) is 0 Å². The number of hydrogen-bond acceptors (Lipinski definition) is 5. The molecule has 1 amide bonds. The van der Waals surface area contributed by atoms with Crippen LogP contribution < -0.4 is 10.6 Å². The number of amides is 1. The number of nitrogens with one attached hydrogen (secondary N) is 2. The Kier molecular flexibility index (Phi) is 9.02. The first-order chi connectivity index (χ1) is 14.8. The van der Waals surface area contributed by atoms with Gasteiger partial charge in [0.25, 0.3) is 0 Å². The van der Waals surface area contributed by atoms with E-state index in [9.17, 15) is 24.6 Å². The fourth-order valence-electron chi connectivity index (χ4n) is 3.20. The third-order valence-electron chi connectivity index (χ3n) is 4.89. The number of rotatable bonds is 12. The van der Waals surface area contributed by atoms with Crippen molar-refractivity contribution in [3.8, 4) is 5.75 Å². The molecule has 31 heavy (non-hydrogen) atoms. The van der Waals surface area contributed by atoms with Crippen LogP contribution in [0, 0.1) is 6.92 Å². The predicted molar refractivity (Wildman–Crippen MR) is 115 cm³/mol. The van der Waals surface area contributed by atoms with Crippen molar-refractivity contribution in [3.05, 3.63) is 65.2 Å². The molecule has 2 aromatic carbocycles. The van der Waals surface area contributed by atoms with Crippen LogP contribution in [0.15, 0.2) is 48.5 Å². The van der Waals surface area contributed by atoms with Gasteiger partial charge in [0, 0.05) is 6.42 Å². The average Bonchev–Trinajstić information content (AvgIpc) is 2.72. The van der Waals surface area contributed by atoms with E-state index in [1.807, 2.05) is 18.2 Å². The van der Waals surface area contributed by atoms with Crippen LogP contribution in [-0.4, -0.2) is 51.8 Å². The van der Waals surface area contributed by atoms with Crippen molar-refractivity contribution in [1.82, 2.24) is 10.6 Å². The lowest BCUT2D eigenvalue weighted by Gasteiger charge is -2.20. The minimum absolute atomic E-state index is 0.0991. The standard InChI is InChI=1S/C23H28N2O6/c1-15-12-17(9-10-20(15)26)8-5-11-24-18(14-21(27)28)22(29)25-19(23(30)31)13-16-6-3-2-4-7-16/h2-4,6-7,9-10,12,18-19,24,26H,5,8,11,13-14H2,1H3,(H,25,29)(H,27,28)(H,30,31)/t18-,19-/m0/s1. The minimum atomic E-state index is -1.19. The van der Waals surface area contributed by atoms with Crippen molar-refractivity contribution in [2.24, 2.45) is 0 Å². The molecule has 0 aromatic heterocycles. The number of benzene rings is 2. The summed E-state index contributed by atoms with van der Waals surface area (Å²) in [5.74, 6) is -2.78. The number of phenolic OH excluding ortho intramolecular Hbond substituents is 1. The van der Waals surface area contributed by atoms with Crippen molar-refractivity contribution in [1.29, 1.82) is 0 Å². The molecule has 8 heteroatoms. The van der Waals surface area contributed by atoms with E-state index in [1.165, 1.54) is 0 Å². The van der Waals surface area contributed by atoms with Crippen LogP contribution in [0.2, 0.25) is 0 Å². The lowest BCUT2D eigenvalue weighted by Crippen LogP contribution is -2.51. The topological polar surface area (TPSA) is 136 Å². The molecule has 8 nitrogen and oxygen atoms in total. The van der Waals surface area contributed by atoms with E-state index in [4.69, 9.17) is 5.11 Å². The molecule has 2 aromatic rings. The minimum Gasteiger partial charge on any atom is -0.508 e. The second kappa shape index (κ2) is 11.7. The van der Waals surface area contributed by atoms with Crippen molar-refractivity contribution >= 4 is 17.8 Å². The molecule has 0 spiro atoms. The van der Waals surface area contributed by atoms with Gasteiger partial charge in [0.1, 0.15) is 11.8 Å². The number of carboxylic acid groups (broad SMARTS) is 2. The summed E-state index contributed by atoms with van der Waals surface area (Å²) in [6, 6.07) is 12.0. The quantitative estimate of drug-likeness (QED) is 0.326. The Bertz CT molecular complexity index is 900. The van der Waals surface area contributed by atoms with Gasteiger partial charge in [0.15, 0.2) is 0 Å². The number of carbonyl (C=O) groups excluding carboxylic acids is 1. The molecule has 0 bridgehead atoms. The molecule has 0 aliphatic heterocycles. The van der Waals surface area contributed by atoms with Gasteiger partial charge >= 0.3 is 11.9 Å². The Labute approximate surface area is 180 Å². The molecule has 0 saturated carbocycles. The van der Waals surface area contributed by atoms with E-state index < -0.39 is 36.4 Å². The fourth-order valence-corrected chi connectivity index (χ4v) is 3.20. The summed E-state index contributed by atoms with van der Waals surface area (Å²) in [5, 5.41) is 33.6. The Morgan fingerprint density at radius 2 is 1.68 bits per heavy atom. The van der Waals surface area contributed by atoms with Crippen LogP contribution in [0.5, 0.6) is 5.75 Å². The van der Waals surface area contributed by atoms with E-state index in [0.29, 0.717) is 19.4 Å². The van der Waals surface area contributed by atoms with Crippen molar-refractivity contribution in [2.75, 3.05) is 6.54 Å². The smallest absolute Gasteiger partial charge is 0.326 e. The van der Waals surface area contributed by atoms with E-state index in [2.05, 4.69) is 10.6 Å². The zero-order valence-corrected chi connectivity index (χ0v) is 17.4. The van der Waals surface area contributed by atoms with Crippen LogP contribution >= 0.6 is 0 Å². The largest absolute Gasteiger partial charge is 0.508 e. The maximum absolute atomic E-state index is 12.6. The van der Waals surface area contributed by atoms with Crippen LogP contribution in [0.1, 0.15) is 29.5 Å². The normalized spacial score (nSPS) is 12.7. The van der Waals surface area contributed by atoms with Gasteiger partial charge in [0.2, 0.25) is 5.91 Å². The number of phenols is 1. The highest BCUT2D eigenvalue weighted by molar-refractivity contribution is 5.89. The van der Waals surface area contributed by atoms with Crippen LogP contribution in [0.25, 0.3) is 0 Å². The molecule has 5 N–H and O–H groups in total. The number of aromatic hydroxyl groups is 1. The van der Waals surface area contributed by atoms with E-state index in [-0.39, 0.29) is 12.2 Å². The summed E-state index contributed by atoms with van der Waals surface area (Å²) in [6.07, 6.45) is 0.963. The average molecular weight is 428 g/mol. The highest BCUT2D eigenvalue weighted by Gasteiger charge is 2.26. The van der Waals surface area contributed by atoms with Crippen molar-refractivity contribution < 1.29 is 29.7 Å². The molecule has 2 atom stereocenters. The molecule has 0 radical (unpaired) electrons. The van der Waals surface area contributed by atoms with Crippen LogP contribution in [-0.2, 0) is 27.2 Å². The lowest BCUT2D eigenvalue weighted by atomic mass is 10.0. The highest BCUT2D eigenvalue weighted by Crippen LogP contribution is 2.17. The van der Waals surface area contributed by atoms with E-state index in [1.54, 1.807) is 37.3 Å². The second-order valence-electron chi connectivity index (χ2n) is 7.42. The number of aryl methyl sites for hydroxylation is 2. The molecule has 0 saturated heterocycles. The summed E-state index contributed by atoms with van der Waals surface area (Å²) in [7, 11) is 0. The molecule has 2 rings (SSSR count). The molecule has 166 valence electrons. The van der Waals surface area contributed by atoms with Gasteiger partial charge in [-0.25, -0.2) is 4.79 Å². The first-order valence-electron chi connectivity index (χ1n) is 10.1. The van der Waals surface area contributed by atoms with Gasteiger partial charge in [0.05, 0.1) is 12.5 Å². The third kappa shape index (κ3) is 8.10. The highest BCUT2D eigenvalue weighted by atomic mass is 16.4. The summed E-state index contributed by atoms with van der Waals surface area (Å²) in [6.45, 7) is 2.18. The first kappa shape index (κ1) is 23.9. The maximum atomic E-state index is 12.6. The summed E-state index contributed by atoms with van der Waals surface area (Å²) in [5.41, 5.74) is 2.54. The molecule has 0 unspecified atom stereocenters. The molecular formula is C23H28N2O6. The van der Waals surface area contributed by atoms with Gasteiger partial charge in [-0.3, -0.25) is 9.59 Å². The van der Waals surface area contributed by atoms with E-state index in [0.717, 1.165) is 16.7 Å². The van der Waals surface area contributed by atoms with Crippen molar-refractivity contribution in [3.63, 3.8) is 0 Å². The summed E-state index contributed by atoms with van der Waals surface area (Å²) < 4.78 is 0. The van der Waals surface area contributed by atoms with Crippen molar-refractivity contribution in [2.45, 2.75) is 44.7 Å². The Morgan fingerprint density at radius 1 is 0.968 bits per heavy atom. The van der Waals surface area contributed by atoms with Gasteiger partial charge < -0.3 is 26.0 Å². The van der Waals surface area contributed by atoms with Gasteiger partial charge in [-0.1, -0.05) is 42.5 Å². The number of carboxylic acids is 2. The molecule has 0 heterocycles. The van der Waals surface area contributed by atoms with E-state index >= 15 is 0 Å². The maximum Gasteiger partial charge on any atom is 0.326 e. The lowest BCUT2D eigenvalue weighted by molar-refractivity contribution is -0.143. The predicted octanol–water partition coefficient (Wildman–Crippen LogP) is 1.88. The molecule has 0 fully saturated rings. The zero-order chi connectivity index (χ0) is 22.8. The summed E-state index contributed by atoms with van der Waals surface area (Å²) in [4.78, 5) is 35.4. The third-order valence-corrected chi connectivity index (χ3v) is 4.89. The van der Waals surface area contributed by atoms with Gasteiger partial charge in [-0.15, -0.1) is 0 Å². The van der Waals surface area contributed by atoms with Crippen LogP contribution in [0.3, 0.4) is 0 Å². The Balaban J connectivity index is 1.92. The fraction of sp³-hybridized carbons (Fsp3) is 0.348. The number of hydrogen-bond donors (Lipinski definition) is 5. The monoisotopic (exact) mass is 428 g/mol. The van der Waals surface area contributed by atoms with Gasteiger partial charge in [-0.05, 0) is 49.1 Å². The first-order valence-corrected chi connectivity index (χ1v) is 10.1. The van der Waals surface area contributed by atoms with Gasteiger partial charge in [-0.2, -0.15) is 0 Å².